The number of nitrogens with zero attached hydrogens (tertiary/aromatic N) is 4. The molecule has 2 aromatic heterocycles. The van der Waals surface area contributed by atoms with Crippen molar-refractivity contribution in [2.75, 3.05) is 6.54 Å². The van der Waals surface area contributed by atoms with Crippen molar-refractivity contribution in [3.8, 4) is 11.5 Å². The summed E-state index contributed by atoms with van der Waals surface area (Å²) in [6, 6.07) is 22.8. The fourth-order valence-corrected chi connectivity index (χ4v) is 4.90. The summed E-state index contributed by atoms with van der Waals surface area (Å²) in [5.74, 6) is 1.44. The van der Waals surface area contributed by atoms with Crippen molar-refractivity contribution < 1.29 is 4.79 Å². The summed E-state index contributed by atoms with van der Waals surface area (Å²) >= 11 is 0. The number of fused-ring (bicyclic) bond motifs is 3. The van der Waals surface area contributed by atoms with Gasteiger partial charge in [-0.2, -0.15) is 5.10 Å². The van der Waals surface area contributed by atoms with Gasteiger partial charge in [0.05, 0.1) is 29.7 Å². The van der Waals surface area contributed by atoms with Gasteiger partial charge in [0.2, 0.25) is 0 Å². The molecule has 0 bridgehead atoms. The Kier molecular flexibility index (Phi) is 6.20. The van der Waals surface area contributed by atoms with Crippen molar-refractivity contribution in [3.05, 3.63) is 101 Å². The molecule has 0 radical (unpaired) electrons. The van der Waals surface area contributed by atoms with E-state index in [9.17, 15) is 4.79 Å². The molecular weight excluding hydrogens is 434 g/mol. The number of carbonyl (C=O) groups is 1. The van der Waals surface area contributed by atoms with E-state index in [0.717, 1.165) is 40.4 Å². The van der Waals surface area contributed by atoms with Crippen LogP contribution in [-0.2, 0) is 6.54 Å². The van der Waals surface area contributed by atoms with Gasteiger partial charge < -0.3 is 14.8 Å². The van der Waals surface area contributed by atoms with Crippen LogP contribution in [0.5, 0.6) is 0 Å². The lowest BCUT2D eigenvalue weighted by molar-refractivity contribution is 0.180. The van der Waals surface area contributed by atoms with E-state index in [0.29, 0.717) is 19.0 Å². The maximum absolute atomic E-state index is 13.6. The normalized spacial score (nSPS) is 15.0. The predicted molar refractivity (Wildman–Crippen MR) is 139 cm³/mol. The van der Waals surface area contributed by atoms with Gasteiger partial charge >= 0.3 is 6.03 Å². The molecule has 0 spiro atoms. The van der Waals surface area contributed by atoms with Gasteiger partial charge in [0, 0.05) is 18.3 Å². The number of aromatic nitrogens is 3. The molecule has 5 rings (SSSR count). The first-order valence-corrected chi connectivity index (χ1v) is 12.5. The quantitative estimate of drug-likeness (QED) is 0.384. The average Bonchev–Trinajstić information content (AvgIpc) is 3.43. The van der Waals surface area contributed by atoms with Crippen LogP contribution in [0.2, 0.25) is 0 Å². The highest BCUT2D eigenvalue weighted by atomic mass is 16.2. The van der Waals surface area contributed by atoms with Gasteiger partial charge in [-0.25, -0.2) is 9.48 Å². The summed E-state index contributed by atoms with van der Waals surface area (Å²) in [6.07, 6.45) is 2.97. The summed E-state index contributed by atoms with van der Waals surface area (Å²) < 4.78 is 4.21. The number of amides is 2. The summed E-state index contributed by atoms with van der Waals surface area (Å²) in [6.45, 7) is 9.62. The van der Waals surface area contributed by atoms with E-state index in [-0.39, 0.29) is 12.1 Å². The summed E-state index contributed by atoms with van der Waals surface area (Å²) in [4.78, 5) is 15.5. The van der Waals surface area contributed by atoms with Crippen molar-refractivity contribution in [2.45, 2.75) is 52.6 Å². The fourth-order valence-electron chi connectivity index (χ4n) is 4.90. The average molecular weight is 468 g/mol. The number of hydrogen-bond donors (Lipinski definition) is 1. The van der Waals surface area contributed by atoms with E-state index in [2.05, 4.69) is 85.4 Å². The highest BCUT2D eigenvalue weighted by Crippen LogP contribution is 2.38. The van der Waals surface area contributed by atoms with Crippen molar-refractivity contribution in [2.24, 2.45) is 0 Å². The molecule has 0 saturated carbocycles. The van der Waals surface area contributed by atoms with E-state index in [4.69, 9.17) is 5.10 Å². The Hall–Kier alpha value is -3.80. The maximum atomic E-state index is 13.6. The number of nitrogens with one attached hydrogen (secondary N) is 1. The summed E-state index contributed by atoms with van der Waals surface area (Å²) in [5, 5.41) is 8.03. The summed E-state index contributed by atoms with van der Waals surface area (Å²) in [7, 11) is 0. The van der Waals surface area contributed by atoms with Crippen LogP contribution in [0.15, 0.2) is 72.9 Å². The Bertz CT molecular complexity index is 1320. The standard InChI is InChI=1S/C29H33N5O/c1-5-17-30-29(35)33-19-25-21(4)31-34(24-10-7-6-8-11-24)28(25)32-18-9-12-26(32)27(33)23-15-13-22(14-16-23)20(2)3/h6-16,18,20,27H,5,17,19H2,1-4H3,(H,30,35)/t27-/m0/s1. The molecule has 4 aromatic rings. The molecule has 1 atom stereocenters. The number of hydrogen-bond acceptors (Lipinski definition) is 2. The fraction of sp³-hybridized carbons (Fsp3) is 0.310. The first-order valence-electron chi connectivity index (χ1n) is 12.5. The summed E-state index contributed by atoms with van der Waals surface area (Å²) in [5.41, 5.74) is 6.41. The Morgan fingerprint density at radius 3 is 2.49 bits per heavy atom. The Balaban J connectivity index is 1.70. The zero-order valence-electron chi connectivity index (χ0n) is 20.9. The lowest BCUT2D eigenvalue weighted by atomic mass is 9.97. The first kappa shape index (κ1) is 23.0. The molecule has 0 saturated heterocycles. The molecule has 180 valence electrons. The van der Waals surface area contributed by atoms with Crippen LogP contribution in [-0.4, -0.2) is 31.8 Å². The van der Waals surface area contributed by atoms with Gasteiger partial charge in [-0.15, -0.1) is 0 Å². The van der Waals surface area contributed by atoms with Crippen LogP contribution in [0.3, 0.4) is 0 Å². The second-order valence-corrected chi connectivity index (χ2v) is 9.52. The van der Waals surface area contributed by atoms with Gasteiger partial charge in [0.15, 0.2) is 0 Å². The van der Waals surface area contributed by atoms with Crippen LogP contribution >= 0.6 is 0 Å². The minimum atomic E-state index is -0.223. The van der Waals surface area contributed by atoms with E-state index in [1.165, 1.54) is 5.56 Å². The minimum Gasteiger partial charge on any atom is -0.338 e. The number of aryl methyl sites for hydroxylation is 1. The third kappa shape index (κ3) is 4.14. The third-order valence-electron chi connectivity index (χ3n) is 6.79. The molecule has 0 fully saturated rings. The van der Waals surface area contributed by atoms with E-state index >= 15 is 0 Å². The van der Waals surface area contributed by atoms with Crippen LogP contribution in [0, 0.1) is 6.92 Å². The molecule has 35 heavy (non-hydrogen) atoms. The lowest BCUT2D eigenvalue weighted by Gasteiger charge is -2.31. The molecule has 2 aromatic carbocycles. The highest BCUT2D eigenvalue weighted by molar-refractivity contribution is 5.76. The predicted octanol–water partition coefficient (Wildman–Crippen LogP) is 6.12. The van der Waals surface area contributed by atoms with Gasteiger partial charge in [0.1, 0.15) is 5.82 Å². The van der Waals surface area contributed by atoms with E-state index in [1.54, 1.807) is 0 Å². The van der Waals surface area contributed by atoms with Crippen molar-refractivity contribution in [3.63, 3.8) is 0 Å². The number of benzene rings is 2. The van der Waals surface area contributed by atoms with Gasteiger partial charge in [-0.1, -0.05) is 63.2 Å². The van der Waals surface area contributed by atoms with Gasteiger partial charge in [0.25, 0.3) is 0 Å². The number of rotatable bonds is 5. The highest BCUT2D eigenvalue weighted by Gasteiger charge is 2.35. The topological polar surface area (TPSA) is 55.1 Å². The van der Waals surface area contributed by atoms with Crippen LogP contribution in [0.4, 0.5) is 4.79 Å². The smallest absolute Gasteiger partial charge is 0.318 e. The molecule has 1 N–H and O–H groups in total. The Labute approximate surface area is 207 Å². The molecular formula is C29H33N5O. The number of carbonyl (C=O) groups excluding carboxylic acids is 1. The Morgan fingerprint density at radius 1 is 1.06 bits per heavy atom. The van der Waals surface area contributed by atoms with Crippen molar-refractivity contribution in [1.82, 2.24) is 24.6 Å². The zero-order valence-corrected chi connectivity index (χ0v) is 20.9. The molecule has 6 nitrogen and oxygen atoms in total. The molecule has 0 aliphatic carbocycles. The molecule has 3 heterocycles. The monoisotopic (exact) mass is 467 g/mol. The second-order valence-electron chi connectivity index (χ2n) is 9.52. The maximum Gasteiger partial charge on any atom is 0.318 e. The van der Waals surface area contributed by atoms with Gasteiger partial charge in [-0.3, -0.25) is 0 Å². The third-order valence-corrected chi connectivity index (χ3v) is 6.79. The first-order chi connectivity index (χ1) is 17.0. The van der Waals surface area contributed by atoms with E-state index in [1.807, 2.05) is 34.7 Å². The zero-order chi connectivity index (χ0) is 24.5. The molecule has 0 unspecified atom stereocenters. The van der Waals surface area contributed by atoms with Crippen LogP contribution in [0.25, 0.3) is 11.5 Å². The van der Waals surface area contributed by atoms with E-state index < -0.39 is 0 Å². The molecule has 2 amide bonds. The van der Waals surface area contributed by atoms with Gasteiger partial charge in [-0.05, 0) is 54.7 Å². The molecule has 1 aliphatic heterocycles. The largest absolute Gasteiger partial charge is 0.338 e. The van der Waals surface area contributed by atoms with Crippen molar-refractivity contribution >= 4 is 6.03 Å². The molecule has 1 aliphatic rings. The SMILES string of the molecule is CCCNC(=O)N1Cc2c(C)nn(-c3ccccc3)c2-n2cccc2[C@@H]1c1ccc(C(C)C)cc1. The second kappa shape index (κ2) is 9.45. The minimum absolute atomic E-state index is 0.0581. The lowest BCUT2D eigenvalue weighted by Crippen LogP contribution is -2.42. The van der Waals surface area contributed by atoms with Crippen molar-refractivity contribution in [1.29, 1.82) is 0 Å². The van der Waals surface area contributed by atoms with Crippen LogP contribution < -0.4 is 5.32 Å². The number of urea groups is 1. The van der Waals surface area contributed by atoms with Crippen LogP contribution in [0.1, 0.15) is 67.2 Å². The Morgan fingerprint density at radius 2 is 1.80 bits per heavy atom. The number of para-hydroxylation sites is 1. The molecule has 6 heteroatoms.